The summed E-state index contributed by atoms with van der Waals surface area (Å²) >= 11 is 0. The van der Waals surface area contributed by atoms with Crippen LogP contribution in [0.4, 0.5) is 0 Å². The molecule has 1 heterocycles. The van der Waals surface area contributed by atoms with Crippen LogP contribution in [0.25, 0.3) is 21.8 Å². The van der Waals surface area contributed by atoms with Crippen molar-refractivity contribution < 1.29 is 0 Å². The van der Waals surface area contributed by atoms with Gasteiger partial charge in [0.2, 0.25) is 0 Å². The topological polar surface area (TPSA) is 17.8 Å². The molecule has 0 unspecified atom stereocenters. The Morgan fingerprint density at radius 1 is 0.870 bits per heavy atom. The number of nitrogens with zero attached hydrogens (tertiary/aromatic N) is 2. The van der Waals surface area contributed by atoms with Gasteiger partial charge in [0.05, 0.1) is 11.0 Å². The molecule has 0 saturated heterocycles. The summed E-state index contributed by atoms with van der Waals surface area (Å²) in [6.45, 7) is 4.45. The number of hydrogen-bond donors (Lipinski definition) is 0. The molecule has 0 bridgehead atoms. The van der Waals surface area contributed by atoms with Gasteiger partial charge in [0.1, 0.15) is 5.82 Å². The molecule has 0 spiro atoms. The van der Waals surface area contributed by atoms with E-state index in [0.29, 0.717) is 6.04 Å². The second-order valence-electron chi connectivity index (χ2n) is 6.30. The lowest BCUT2D eigenvalue weighted by atomic mass is 10.0. The fourth-order valence-electron chi connectivity index (χ4n) is 3.41. The Morgan fingerprint density at radius 3 is 2.48 bits per heavy atom. The zero-order chi connectivity index (χ0) is 15.8. The van der Waals surface area contributed by atoms with Gasteiger partial charge in [-0.3, -0.25) is 0 Å². The van der Waals surface area contributed by atoms with Crippen molar-refractivity contribution in [3.05, 3.63) is 78.1 Å². The molecule has 0 aliphatic rings. The molecule has 0 radical (unpaired) electrons. The van der Waals surface area contributed by atoms with Crippen molar-refractivity contribution in [3.8, 4) is 0 Å². The van der Waals surface area contributed by atoms with Gasteiger partial charge in [-0.15, -0.1) is 0 Å². The van der Waals surface area contributed by atoms with Crippen molar-refractivity contribution >= 4 is 21.8 Å². The number of para-hydroxylation sites is 2. The Morgan fingerprint density at radius 2 is 1.61 bits per heavy atom. The van der Waals surface area contributed by atoms with Gasteiger partial charge in [-0.05, 0) is 42.3 Å². The molecule has 0 aliphatic heterocycles. The van der Waals surface area contributed by atoms with E-state index >= 15 is 0 Å². The largest absolute Gasteiger partial charge is 0.325 e. The maximum Gasteiger partial charge on any atom is 0.114 e. The SMILES string of the molecule is CC(C)n1c(Cc2cccc3ccccc23)nc2ccccc21. The van der Waals surface area contributed by atoms with Crippen LogP contribution in [-0.2, 0) is 6.42 Å². The quantitative estimate of drug-likeness (QED) is 0.498. The van der Waals surface area contributed by atoms with E-state index in [4.69, 9.17) is 4.98 Å². The van der Waals surface area contributed by atoms with Gasteiger partial charge in [-0.2, -0.15) is 0 Å². The minimum absolute atomic E-state index is 0.396. The molecule has 23 heavy (non-hydrogen) atoms. The molecule has 0 fully saturated rings. The minimum atomic E-state index is 0.396. The first kappa shape index (κ1) is 14.0. The van der Waals surface area contributed by atoms with Crippen molar-refractivity contribution in [1.82, 2.24) is 9.55 Å². The van der Waals surface area contributed by atoms with E-state index in [1.54, 1.807) is 0 Å². The number of rotatable bonds is 3. The summed E-state index contributed by atoms with van der Waals surface area (Å²) in [4.78, 5) is 4.90. The highest BCUT2D eigenvalue weighted by Gasteiger charge is 2.14. The molecule has 114 valence electrons. The molecule has 0 saturated carbocycles. The Kier molecular flexibility index (Phi) is 3.38. The van der Waals surface area contributed by atoms with Crippen LogP contribution in [0.3, 0.4) is 0 Å². The van der Waals surface area contributed by atoms with E-state index in [9.17, 15) is 0 Å². The second-order valence-corrected chi connectivity index (χ2v) is 6.30. The zero-order valence-electron chi connectivity index (χ0n) is 13.5. The Labute approximate surface area is 136 Å². The molecule has 0 amide bonds. The van der Waals surface area contributed by atoms with Crippen LogP contribution < -0.4 is 0 Å². The summed E-state index contributed by atoms with van der Waals surface area (Å²) in [5.74, 6) is 1.14. The van der Waals surface area contributed by atoms with Crippen molar-refractivity contribution in [3.63, 3.8) is 0 Å². The molecule has 0 N–H and O–H groups in total. The Bertz CT molecular complexity index is 974. The average Bonchev–Trinajstić information content (AvgIpc) is 2.93. The van der Waals surface area contributed by atoms with Gasteiger partial charge < -0.3 is 4.57 Å². The number of benzene rings is 3. The first-order valence-electron chi connectivity index (χ1n) is 8.16. The molecule has 0 atom stereocenters. The molecule has 4 aromatic rings. The van der Waals surface area contributed by atoms with Crippen LogP contribution in [-0.4, -0.2) is 9.55 Å². The lowest BCUT2D eigenvalue weighted by molar-refractivity contribution is 0.592. The van der Waals surface area contributed by atoms with Crippen LogP contribution in [0.5, 0.6) is 0 Å². The average molecular weight is 300 g/mol. The lowest BCUT2D eigenvalue weighted by Gasteiger charge is -2.14. The molecule has 1 aromatic heterocycles. The maximum absolute atomic E-state index is 4.90. The fraction of sp³-hybridized carbons (Fsp3) is 0.190. The Hall–Kier alpha value is -2.61. The van der Waals surface area contributed by atoms with Crippen molar-refractivity contribution in [2.75, 3.05) is 0 Å². The molecular weight excluding hydrogens is 280 g/mol. The number of fused-ring (bicyclic) bond motifs is 2. The first-order valence-corrected chi connectivity index (χ1v) is 8.16. The molecular formula is C21H20N2. The van der Waals surface area contributed by atoms with E-state index in [1.165, 1.54) is 21.9 Å². The first-order chi connectivity index (χ1) is 11.2. The standard InChI is InChI=1S/C21H20N2/c1-15(2)23-20-13-6-5-12-19(20)22-21(23)14-17-10-7-9-16-8-3-4-11-18(16)17/h3-13,15H,14H2,1-2H3. The van der Waals surface area contributed by atoms with Gasteiger partial charge in [-0.1, -0.05) is 54.6 Å². The van der Waals surface area contributed by atoms with E-state index in [2.05, 4.69) is 85.1 Å². The summed E-state index contributed by atoms with van der Waals surface area (Å²) in [5, 5.41) is 2.61. The normalized spacial score (nSPS) is 11.6. The van der Waals surface area contributed by atoms with Crippen LogP contribution in [0.15, 0.2) is 66.7 Å². The molecule has 2 heteroatoms. The molecule has 4 rings (SSSR count). The predicted molar refractivity (Wildman–Crippen MR) is 96.9 cm³/mol. The number of imidazole rings is 1. The summed E-state index contributed by atoms with van der Waals surface area (Å²) in [6.07, 6.45) is 0.855. The third-order valence-corrected chi connectivity index (χ3v) is 4.41. The second kappa shape index (κ2) is 5.54. The van der Waals surface area contributed by atoms with Gasteiger partial charge >= 0.3 is 0 Å². The fourth-order valence-corrected chi connectivity index (χ4v) is 3.41. The third kappa shape index (κ3) is 2.40. The maximum atomic E-state index is 4.90. The molecule has 3 aromatic carbocycles. The Balaban J connectivity index is 1.88. The molecule has 2 nitrogen and oxygen atoms in total. The smallest absolute Gasteiger partial charge is 0.114 e. The van der Waals surface area contributed by atoms with E-state index in [1.807, 2.05) is 0 Å². The third-order valence-electron chi connectivity index (χ3n) is 4.41. The van der Waals surface area contributed by atoms with Gasteiger partial charge in [0, 0.05) is 12.5 Å². The monoisotopic (exact) mass is 300 g/mol. The van der Waals surface area contributed by atoms with Crippen LogP contribution in [0, 0.1) is 0 Å². The van der Waals surface area contributed by atoms with E-state index in [0.717, 1.165) is 17.8 Å². The minimum Gasteiger partial charge on any atom is -0.325 e. The van der Waals surface area contributed by atoms with E-state index in [-0.39, 0.29) is 0 Å². The number of hydrogen-bond acceptors (Lipinski definition) is 1. The summed E-state index contributed by atoms with van der Waals surface area (Å²) < 4.78 is 2.36. The van der Waals surface area contributed by atoms with E-state index < -0.39 is 0 Å². The zero-order valence-corrected chi connectivity index (χ0v) is 13.5. The van der Waals surface area contributed by atoms with Crippen LogP contribution >= 0.6 is 0 Å². The van der Waals surface area contributed by atoms with Gasteiger partial charge in [-0.25, -0.2) is 4.98 Å². The summed E-state index contributed by atoms with van der Waals surface area (Å²) in [7, 11) is 0. The van der Waals surface area contributed by atoms with Crippen molar-refractivity contribution in [2.45, 2.75) is 26.3 Å². The van der Waals surface area contributed by atoms with Crippen molar-refractivity contribution in [2.24, 2.45) is 0 Å². The van der Waals surface area contributed by atoms with Gasteiger partial charge in [0.15, 0.2) is 0 Å². The lowest BCUT2D eigenvalue weighted by Crippen LogP contribution is -2.07. The summed E-state index contributed by atoms with van der Waals surface area (Å²) in [5.41, 5.74) is 3.63. The number of aromatic nitrogens is 2. The summed E-state index contributed by atoms with van der Waals surface area (Å²) in [6, 6.07) is 23.9. The highest BCUT2D eigenvalue weighted by atomic mass is 15.1. The van der Waals surface area contributed by atoms with Crippen LogP contribution in [0.2, 0.25) is 0 Å². The molecule has 0 aliphatic carbocycles. The predicted octanol–water partition coefficient (Wildman–Crippen LogP) is 5.36. The van der Waals surface area contributed by atoms with Crippen molar-refractivity contribution in [1.29, 1.82) is 0 Å². The van der Waals surface area contributed by atoms with Crippen LogP contribution in [0.1, 0.15) is 31.3 Å². The highest BCUT2D eigenvalue weighted by molar-refractivity contribution is 5.86. The highest BCUT2D eigenvalue weighted by Crippen LogP contribution is 2.25. The van der Waals surface area contributed by atoms with Gasteiger partial charge in [0.25, 0.3) is 0 Å².